The highest BCUT2D eigenvalue weighted by Gasteiger charge is 2.73. The van der Waals surface area contributed by atoms with Crippen LogP contribution in [0.15, 0.2) is 12.1 Å². The SMILES string of the molecule is COc1cc(C2CC2)cc(C(=O)N2CCCC2(C(=O)O)C2(C#N)C3CC4CC(C3)CC2C4)c1F. The van der Waals surface area contributed by atoms with E-state index in [4.69, 9.17) is 4.74 Å². The minimum Gasteiger partial charge on any atom is -0.494 e. The van der Waals surface area contributed by atoms with E-state index in [-0.39, 0.29) is 42.0 Å². The first-order valence-electron chi connectivity index (χ1n) is 12.7. The van der Waals surface area contributed by atoms with E-state index in [1.807, 2.05) is 0 Å². The van der Waals surface area contributed by atoms with Crippen molar-refractivity contribution in [3.05, 3.63) is 29.1 Å². The van der Waals surface area contributed by atoms with Crippen LogP contribution in [0.5, 0.6) is 5.75 Å². The number of hydrogen-bond acceptors (Lipinski definition) is 4. The molecule has 0 spiro atoms. The Morgan fingerprint density at radius 3 is 2.32 bits per heavy atom. The van der Waals surface area contributed by atoms with Crippen LogP contribution in [0.1, 0.15) is 79.6 Å². The standard InChI is InChI=1S/C27H31FN2O4/c1-34-22-13-18(17-3-4-17)12-21(23(22)28)24(31)30-6-2-5-27(30,25(32)33)26(14-29)19-8-15-7-16(10-19)11-20(26)9-15/h12-13,15-17,19-20H,2-11H2,1H3,(H,32,33). The van der Waals surface area contributed by atoms with Crippen molar-refractivity contribution in [2.24, 2.45) is 29.1 Å². The molecule has 1 aliphatic heterocycles. The van der Waals surface area contributed by atoms with Crippen molar-refractivity contribution < 1.29 is 23.8 Å². The van der Waals surface area contributed by atoms with E-state index in [1.54, 1.807) is 12.1 Å². The molecule has 5 aliphatic carbocycles. The number of amides is 1. The Bertz CT molecular complexity index is 1080. The average molecular weight is 467 g/mol. The van der Waals surface area contributed by atoms with Crippen LogP contribution < -0.4 is 4.74 Å². The lowest BCUT2D eigenvalue weighted by molar-refractivity contribution is -0.179. The van der Waals surface area contributed by atoms with Gasteiger partial charge in [-0.15, -0.1) is 0 Å². The molecule has 1 amide bonds. The van der Waals surface area contributed by atoms with E-state index in [2.05, 4.69) is 6.07 Å². The van der Waals surface area contributed by atoms with Gasteiger partial charge in [-0.3, -0.25) is 4.79 Å². The number of carboxylic acids is 1. The number of halogens is 1. The predicted molar refractivity (Wildman–Crippen MR) is 121 cm³/mol. The van der Waals surface area contributed by atoms with Crippen LogP contribution in [-0.2, 0) is 4.79 Å². The molecule has 7 rings (SSSR count). The summed E-state index contributed by atoms with van der Waals surface area (Å²) in [5, 5.41) is 21.5. The molecule has 5 saturated carbocycles. The molecule has 1 saturated heterocycles. The Morgan fingerprint density at radius 1 is 1.15 bits per heavy atom. The molecule has 6 fully saturated rings. The first-order valence-corrected chi connectivity index (χ1v) is 12.7. The molecular weight excluding hydrogens is 435 g/mol. The van der Waals surface area contributed by atoms with Gasteiger partial charge in [0.15, 0.2) is 17.1 Å². The van der Waals surface area contributed by atoms with Crippen LogP contribution in [0.4, 0.5) is 4.39 Å². The van der Waals surface area contributed by atoms with Gasteiger partial charge in [0.25, 0.3) is 5.91 Å². The summed E-state index contributed by atoms with van der Waals surface area (Å²) in [5.41, 5.74) is -2.04. The number of ether oxygens (including phenoxy) is 1. The molecule has 1 unspecified atom stereocenters. The fraction of sp³-hybridized carbons (Fsp3) is 0.667. The van der Waals surface area contributed by atoms with Crippen molar-refractivity contribution >= 4 is 11.9 Å². The predicted octanol–water partition coefficient (Wildman–Crippen LogP) is 4.74. The maximum Gasteiger partial charge on any atom is 0.331 e. The molecule has 0 aromatic heterocycles. The number of rotatable bonds is 5. The minimum absolute atomic E-state index is 0.0116. The smallest absolute Gasteiger partial charge is 0.331 e. The van der Waals surface area contributed by atoms with Gasteiger partial charge in [0.05, 0.1) is 24.2 Å². The number of nitriles is 1. The number of hydrogen-bond donors (Lipinski definition) is 1. The van der Waals surface area contributed by atoms with Crippen molar-refractivity contribution in [1.29, 1.82) is 5.26 Å². The molecule has 1 aromatic carbocycles. The van der Waals surface area contributed by atoms with Gasteiger partial charge in [-0.25, -0.2) is 9.18 Å². The number of aliphatic carboxylic acids is 1. The normalized spacial score (nSPS) is 38.1. The monoisotopic (exact) mass is 466 g/mol. The van der Waals surface area contributed by atoms with Crippen molar-refractivity contribution in [3.8, 4) is 11.8 Å². The number of carboxylic acid groups (broad SMARTS) is 1. The zero-order chi connectivity index (χ0) is 23.8. The van der Waals surface area contributed by atoms with Crippen LogP contribution in [0.2, 0.25) is 0 Å². The number of carbonyl (C=O) groups excluding carboxylic acids is 1. The van der Waals surface area contributed by atoms with E-state index in [0.29, 0.717) is 18.3 Å². The number of methoxy groups -OCH3 is 1. The first kappa shape index (κ1) is 21.9. The molecule has 7 heteroatoms. The third-order valence-corrected chi connectivity index (χ3v) is 9.84. The van der Waals surface area contributed by atoms with Gasteiger partial charge in [0.2, 0.25) is 0 Å². The summed E-state index contributed by atoms with van der Waals surface area (Å²) in [4.78, 5) is 28.6. The van der Waals surface area contributed by atoms with Gasteiger partial charge < -0.3 is 14.7 Å². The van der Waals surface area contributed by atoms with Crippen LogP contribution in [0.25, 0.3) is 0 Å². The van der Waals surface area contributed by atoms with Gasteiger partial charge >= 0.3 is 5.97 Å². The number of carbonyl (C=O) groups is 2. The first-order chi connectivity index (χ1) is 16.4. The van der Waals surface area contributed by atoms with Crippen LogP contribution in [-0.4, -0.2) is 41.1 Å². The average Bonchev–Trinajstić information content (AvgIpc) is 3.57. The molecule has 4 bridgehead atoms. The van der Waals surface area contributed by atoms with Gasteiger partial charge in [0.1, 0.15) is 0 Å². The summed E-state index contributed by atoms with van der Waals surface area (Å²) >= 11 is 0. The van der Waals surface area contributed by atoms with Crippen LogP contribution >= 0.6 is 0 Å². The zero-order valence-electron chi connectivity index (χ0n) is 19.6. The Hall–Kier alpha value is -2.62. The summed E-state index contributed by atoms with van der Waals surface area (Å²) in [6, 6.07) is 5.77. The van der Waals surface area contributed by atoms with E-state index in [1.165, 1.54) is 18.4 Å². The molecule has 34 heavy (non-hydrogen) atoms. The quantitative estimate of drug-likeness (QED) is 0.677. The Labute approximate surface area is 199 Å². The molecule has 6 nitrogen and oxygen atoms in total. The second kappa shape index (κ2) is 7.44. The highest BCUT2D eigenvalue weighted by atomic mass is 19.1. The molecule has 0 radical (unpaired) electrons. The minimum atomic E-state index is -1.63. The molecule has 1 heterocycles. The highest BCUT2D eigenvalue weighted by Crippen LogP contribution is 2.68. The van der Waals surface area contributed by atoms with Crippen LogP contribution in [0.3, 0.4) is 0 Å². The summed E-state index contributed by atoms with van der Waals surface area (Å²) in [6.07, 6.45) is 7.31. The second-order valence-corrected chi connectivity index (χ2v) is 11.4. The number of benzene rings is 1. The molecule has 1 N–H and O–H groups in total. The third kappa shape index (κ3) is 2.71. The van der Waals surface area contributed by atoms with Gasteiger partial charge in [-0.2, -0.15) is 5.26 Å². The van der Waals surface area contributed by atoms with Crippen molar-refractivity contribution in [2.75, 3.05) is 13.7 Å². The third-order valence-electron chi connectivity index (χ3n) is 9.84. The summed E-state index contributed by atoms with van der Waals surface area (Å²) in [6.45, 7) is 0.219. The van der Waals surface area contributed by atoms with Crippen molar-refractivity contribution in [2.45, 2.75) is 69.2 Å². The maximum absolute atomic E-state index is 15.4. The Morgan fingerprint density at radius 2 is 1.79 bits per heavy atom. The maximum atomic E-state index is 15.4. The molecule has 6 aliphatic rings. The Kier molecular flexibility index (Phi) is 4.79. The van der Waals surface area contributed by atoms with Crippen LogP contribution in [0, 0.1) is 46.2 Å². The fourth-order valence-corrected chi connectivity index (χ4v) is 8.52. The van der Waals surface area contributed by atoms with Gasteiger partial charge in [-0.1, -0.05) is 0 Å². The number of nitrogens with zero attached hydrogens (tertiary/aromatic N) is 2. The summed E-state index contributed by atoms with van der Waals surface area (Å²) in [7, 11) is 1.37. The van der Waals surface area contributed by atoms with E-state index in [0.717, 1.165) is 44.1 Å². The van der Waals surface area contributed by atoms with Crippen molar-refractivity contribution in [1.82, 2.24) is 4.90 Å². The summed E-state index contributed by atoms with van der Waals surface area (Å²) < 4.78 is 20.7. The summed E-state index contributed by atoms with van der Waals surface area (Å²) in [5.74, 6) is -1.16. The largest absolute Gasteiger partial charge is 0.494 e. The lowest BCUT2D eigenvalue weighted by Crippen LogP contribution is -2.71. The van der Waals surface area contributed by atoms with Crippen molar-refractivity contribution in [3.63, 3.8) is 0 Å². The lowest BCUT2D eigenvalue weighted by atomic mass is 9.40. The zero-order valence-corrected chi connectivity index (χ0v) is 19.6. The topological polar surface area (TPSA) is 90.6 Å². The molecule has 180 valence electrons. The Balaban J connectivity index is 1.48. The van der Waals surface area contributed by atoms with E-state index < -0.39 is 28.6 Å². The fourth-order valence-electron chi connectivity index (χ4n) is 8.52. The van der Waals surface area contributed by atoms with Gasteiger partial charge in [0, 0.05) is 6.54 Å². The van der Waals surface area contributed by atoms with E-state index in [9.17, 15) is 20.0 Å². The van der Waals surface area contributed by atoms with Gasteiger partial charge in [-0.05, 0) is 105 Å². The lowest BCUT2D eigenvalue weighted by Gasteiger charge is -2.63. The molecular formula is C27H31FN2O4. The highest BCUT2D eigenvalue weighted by molar-refractivity contribution is 5.99. The second-order valence-electron chi connectivity index (χ2n) is 11.4. The molecule has 1 aromatic rings. The number of likely N-dealkylation sites (tertiary alicyclic amines) is 1. The molecule has 1 atom stereocenters. The van der Waals surface area contributed by atoms with E-state index >= 15 is 4.39 Å².